The van der Waals surface area contributed by atoms with Crippen LogP contribution < -0.4 is 10.6 Å². The van der Waals surface area contributed by atoms with Crippen molar-refractivity contribution in [3.8, 4) is 0 Å². The lowest BCUT2D eigenvalue weighted by Gasteiger charge is -2.23. The molecule has 3 rings (SSSR count). The van der Waals surface area contributed by atoms with E-state index in [1.807, 2.05) is 6.92 Å². The van der Waals surface area contributed by atoms with Gasteiger partial charge >= 0.3 is 0 Å². The lowest BCUT2D eigenvalue weighted by molar-refractivity contribution is -0.126. The predicted octanol–water partition coefficient (Wildman–Crippen LogP) is 2.72. The number of rotatable bonds is 4. The normalized spacial score (nSPS) is 23.8. The summed E-state index contributed by atoms with van der Waals surface area (Å²) < 4.78 is 5.38. The van der Waals surface area contributed by atoms with Crippen LogP contribution in [0.3, 0.4) is 0 Å². The van der Waals surface area contributed by atoms with Crippen LogP contribution in [-0.2, 0) is 4.79 Å². The maximum atomic E-state index is 12.2. The highest BCUT2D eigenvalue weighted by atomic mass is 35.5. The van der Waals surface area contributed by atoms with Crippen LogP contribution in [0.1, 0.15) is 75.5 Å². The summed E-state index contributed by atoms with van der Waals surface area (Å²) in [6.45, 7) is 3.68. The highest BCUT2D eigenvalue weighted by molar-refractivity contribution is 5.85. The molecule has 2 atom stereocenters. The highest BCUT2D eigenvalue weighted by Gasteiger charge is 2.26. The molecule has 2 fully saturated rings. The first-order chi connectivity index (χ1) is 10.7. The van der Waals surface area contributed by atoms with Gasteiger partial charge < -0.3 is 15.2 Å². The SMILES string of the molecule is CC(NC(=O)C1CCCNC1)c1nc(C2CCCCC2)no1.Cl. The van der Waals surface area contributed by atoms with Crippen molar-refractivity contribution in [2.24, 2.45) is 5.92 Å². The number of nitrogens with zero attached hydrogens (tertiary/aromatic N) is 2. The van der Waals surface area contributed by atoms with Crippen LogP contribution in [0, 0.1) is 5.92 Å². The first-order valence-electron chi connectivity index (χ1n) is 8.58. The van der Waals surface area contributed by atoms with Crippen molar-refractivity contribution in [2.75, 3.05) is 13.1 Å². The molecule has 2 N–H and O–H groups in total. The molecule has 2 heterocycles. The van der Waals surface area contributed by atoms with E-state index in [0.717, 1.165) is 44.6 Å². The third kappa shape index (κ3) is 4.67. The second-order valence-electron chi connectivity index (χ2n) is 6.60. The van der Waals surface area contributed by atoms with Gasteiger partial charge in [-0.25, -0.2) is 0 Å². The molecule has 2 aliphatic rings. The number of aromatic nitrogens is 2. The maximum Gasteiger partial charge on any atom is 0.248 e. The molecule has 0 aromatic carbocycles. The fourth-order valence-electron chi connectivity index (χ4n) is 3.42. The average Bonchev–Trinajstić information content (AvgIpc) is 3.06. The number of carbonyl (C=O) groups excluding carboxylic acids is 1. The van der Waals surface area contributed by atoms with E-state index in [2.05, 4.69) is 20.8 Å². The molecule has 130 valence electrons. The number of hydrogen-bond acceptors (Lipinski definition) is 5. The topological polar surface area (TPSA) is 80.0 Å². The molecule has 1 aromatic heterocycles. The molecular formula is C16H27ClN4O2. The number of piperidine rings is 1. The maximum absolute atomic E-state index is 12.2. The third-order valence-electron chi connectivity index (χ3n) is 4.82. The Morgan fingerprint density at radius 3 is 2.74 bits per heavy atom. The van der Waals surface area contributed by atoms with Gasteiger partial charge in [-0.15, -0.1) is 12.4 Å². The van der Waals surface area contributed by atoms with Crippen LogP contribution in [0.4, 0.5) is 0 Å². The smallest absolute Gasteiger partial charge is 0.248 e. The number of halogens is 1. The van der Waals surface area contributed by atoms with E-state index in [-0.39, 0.29) is 30.3 Å². The minimum absolute atomic E-state index is 0. The van der Waals surface area contributed by atoms with Gasteiger partial charge in [-0.3, -0.25) is 4.79 Å². The van der Waals surface area contributed by atoms with E-state index >= 15 is 0 Å². The van der Waals surface area contributed by atoms with Gasteiger partial charge in [0, 0.05) is 12.5 Å². The van der Waals surface area contributed by atoms with Gasteiger partial charge in [0.15, 0.2) is 5.82 Å². The Balaban J connectivity index is 0.00000192. The summed E-state index contributed by atoms with van der Waals surface area (Å²) in [7, 11) is 0. The quantitative estimate of drug-likeness (QED) is 0.879. The molecule has 1 amide bonds. The largest absolute Gasteiger partial charge is 0.344 e. The van der Waals surface area contributed by atoms with Gasteiger partial charge in [-0.05, 0) is 39.2 Å². The van der Waals surface area contributed by atoms with Crippen molar-refractivity contribution in [3.05, 3.63) is 11.7 Å². The van der Waals surface area contributed by atoms with Gasteiger partial charge in [-0.2, -0.15) is 4.98 Å². The fourth-order valence-corrected chi connectivity index (χ4v) is 3.42. The van der Waals surface area contributed by atoms with E-state index in [9.17, 15) is 4.79 Å². The molecule has 6 nitrogen and oxygen atoms in total. The second-order valence-corrected chi connectivity index (χ2v) is 6.60. The Bertz CT molecular complexity index is 496. The molecule has 1 saturated carbocycles. The molecule has 1 aliphatic carbocycles. The van der Waals surface area contributed by atoms with E-state index < -0.39 is 0 Å². The molecule has 7 heteroatoms. The van der Waals surface area contributed by atoms with Crippen LogP contribution in [0.25, 0.3) is 0 Å². The summed E-state index contributed by atoms with van der Waals surface area (Å²) in [5, 5.41) is 10.4. The molecular weight excluding hydrogens is 316 g/mol. The monoisotopic (exact) mass is 342 g/mol. The van der Waals surface area contributed by atoms with Crippen molar-refractivity contribution >= 4 is 18.3 Å². The average molecular weight is 343 g/mol. The van der Waals surface area contributed by atoms with E-state index in [4.69, 9.17) is 4.52 Å². The van der Waals surface area contributed by atoms with Gasteiger partial charge in [0.1, 0.15) is 6.04 Å². The first kappa shape index (κ1) is 18.2. The Morgan fingerprint density at radius 1 is 1.26 bits per heavy atom. The van der Waals surface area contributed by atoms with Crippen LogP contribution in [-0.4, -0.2) is 29.1 Å². The van der Waals surface area contributed by atoms with Crippen molar-refractivity contribution in [1.82, 2.24) is 20.8 Å². The highest BCUT2D eigenvalue weighted by Crippen LogP contribution is 2.31. The standard InChI is InChI=1S/C16H26N4O2.ClH/c1-11(18-15(21)13-8-5-9-17-10-13)16-19-14(20-22-16)12-6-3-2-4-7-12;/h11-13,17H,2-10H2,1H3,(H,18,21);1H. The minimum Gasteiger partial charge on any atom is -0.344 e. The zero-order valence-corrected chi connectivity index (χ0v) is 14.5. The van der Waals surface area contributed by atoms with Gasteiger partial charge in [0.25, 0.3) is 0 Å². The molecule has 1 aromatic rings. The van der Waals surface area contributed by atoms with Crippen molar-refractivity contribution in [2.45, 2.75) is 63.8 Å². The molecule has 2 unspecified atom stereocenters. The van der Waals surface area contributed by atoms with Gasteiger partial charge in [0.2, 0.25) is 11.8 Å². The predicted molar refractivity (Wildman–Crippen MR) is 89.5 cm³/mol. The summed E-state index contributed by atoms with van der Waals surface area (Å²) in [5.41, 5.74) is 0. The third-order valence-corrected chi connectivity index (χ3v) is 4.82. The summed E-state index contributed by atoms with van der Waals surface area (Å²) in [5.74, 6) is 1.90. The van der Waals surface area contributed by atoms with E-state index in [1.54, 1.807) is 0 Å². The molecule has 1 aliphatic heterocycles. The Morgan fingerprint density at radius 2 is 2.04 bits per heavy atom. The summed E-state index contributed by atoms with van der Waals surface area (Å²) in [4.78, 5) is 16.8. The minimum atomic E-state index is -0.223. The number of amides is 1. The van der Waals surface area contributed by atoms with Gasteiger partial charge in [-0.1, -0.05) is 24.4 Å². The van der Waals surface area contributed by atoms with Crippen LogP contribution in [0.2, 0.25) is 0 Å². The van der Waals surface area contributed by atoms with Crippen molar-refractivity contribution in [3.63, 3.8) is 0 Å². The lowest BCUT2D eigenvalue weighted by Crippen LogP contribution is -2.41. The summed E-state index contributed by atoms with van der Waals surface area (Å²) in [6.07, 6.45) is 8.09. The van der Waals surface area contributed by atoms with Crippen LogP contribution in [0.15, 0.2) is 4.52 Å². The second kappa shape index (κ2) is 8.64. The Kier molecular flexibility index (Phi) is 6.84. The van der Waals surface area contributed by atoms with Crippen LogP contribution in [0.5, 0.6) is 0 Å². The Labute approximate surface area is 143 Å². The summed E-state index contributed by atoms with van der Waals surface area (Å²) in [6, 6.07) is -0.223. The summed E-state index contributed by atoms with van der Waals surface area (Å²) >= 11 is 0. The van der Waals surface area contributed by atoms with Crippen LogP contribution >= 0.6 is 12.4 Å². The zero-order chi connectivity index (χ0) is 15.4. The molecule has 0 spiro atoms. The lowest BCUT2D eigenvalue weighted by atomic mass is 9.89. The molecule has 0 radical (unpaired) electrons. The Hall–Kier alpha value is -1.14. The number of carbonyl (C=O) groups is 1. The van der Waals surface area contributed by atoms with E-state index in [1.165, 1.54) is 19.3 Å². The molecule has 23 heavy (non-hydrogen) atoms. The number of nitrogens with one attached hydrogen (secondary N) is 2. The van der Waals surface area contributed by atoms with Gasteiger partial charge in [0.05, 0.1) is 5.92 Å². The van der Waals surface area contributed by atoms with E-state index in [0.29, 0.717) is 11.8 Å². The van der Waals surface area contributed by atoms with Crippen molar-refractivity contribution in [1.29, 1.82) is 0 Å². The fraction of sp³-hybridized carbons (Fsp3) is 0.812. The number of hydrogen-bond donors (Lipinski definition) is 2. The molecule has 0 bridgehead atoms. The van der Waals surface area contributed by atoms with Crippen molar-refractivity contribution < 1.29 is 9.32 Å². The molecule has 1 saturated heterocycles. The zero-order valence-electron chi connectivity index (χ0n) is 13.7. The first-order valence-corrected chi connectivity index (χ1v) is 8.58.